The third kappa shape index (κ3) is 4.17. The molecule has 0 saturated carbocycles. The summed E-state index contributed by atoms with van der Waals surface area (Å²) in [6.07, 6.45) is 3.21. The number of ether oxygens (including phenoxy) is 1. The average Bonchev–Trinajstić information content (AvgIpc) is 2.52. The van der Waals surface area contributed by atoms with E-state index in [1.807, 2.05) is 12.1 Å². The average molecular weight is 357 g/mol. The largest absolute Gasteiger partial charge is 0.376 e. The van der Waals surface area contributed by atoms with E-state index in [0.717, 1.165) is 44.5 Å². The number of anilines is 1. The van der Waals surface area contributed by atoms with Crippen molar-refractivity contribution in [2.75, 3.05) is 24.6 Å². The number of rotatable bonds is 6. The normalized spacial score (nSPS) is 18.8. The number of nitro benzene ring substituents is 1. The molecule has 6 heteroatoms. The van der Waals surface area contributed by atoms with E-state index in [9.17, 15) is 10.1 Å². The van der Waals surface area contributed by atoms with Gasteiger partial charge < -0.3 is 9.64 Å². The van der Waals surface area contributed by atoms with Crippen LogP contribution in [0.15, 0.2) is 18.2 Å². The van der Waals surface area contributed by atoms with E-state index in [1.54, 1.807) is 6.07 Å². The number of halogens is 1. The fourth-order valence-corrected chi connectivity index (χ4v) is 2.99. The monoisotopic (exact) mass is 356 g/mol. The van der Waals surface area contributed by atoms with Crippen molar-refractivity contribution in [1.29, 1.82) is 0 Å². The van der Waals surface area contributed by atoms with Crippen molar-refractivity contribution in [3.8, 4) is 0 Å². The van der Waals surface area contributed by atoms with Gasteiger partial charge in [-0.2, -0.15) is 0 Å². The van der Waals surface area contributed by atoms with Gasteiger partial charge in [0.2, 0.25) is 0 Å². The predicted molar refractivity (Wildman–Crippen MR) is 87.2 cm³/mol. The first-order valence-electron chi connectivity index (χ1n) is 7.35. The maximum atomic E-state index is 11.3. The molecule has 1 aromatic rings. The molecular weight excluding hydrogens is 336 g/mol. The van der Waals surface area contributed by atoms with Crippen LogP contribution in [-0.2, 0) is 10.1 Å². The second-order valence-corrected chi connectivity index (χ2v) is 5.86. The van der Waals surface area contributed by atoms with Crippen LogP contribution in [0.2, 0.25) is 0 Å². The van der Waals surface area contributed by atoms with Crippen LogP contribution < -0.4 is 4.90 Å². The zero-order valence-corrected chi connectivity index (χ0v) is 13.8. The molecule has 1 saturated heterocycles. The summed E-state index contributed by atoms with van der Waals surface area (Å²) in [7, 11) is 0. The van der Waals surface area contributed by atoms with E-state index in [2.05, 4.69) is 27.8 Å². The third-order valence-electron chi connectivity index (χ3n) is 3.67. The molecule has 0 N–H and O–H groups in total. The van der Waals surface area contributed by atoms with Crippen LogP contribution in [0, 0.1) is 10.1 Å². The summed E-state index contributed by atoms with van der Waals surface area (Å²) >= 11 is 3.34. The van der Waals surface area contributed by atoms with E-state index in [0.29, 0.717) is 11.0 Å². The Morgan fingerprint density at radius 2 is 2.33 bits per heavy atom. The minimum absolute atomic E-state index is 0.175. The first kappa shape index (κ1) is 16.2. The number of hydrogen-bond acceptors (Lipinski definition) is 4. The van der Waals surface area contributed by atoms with Gasteiger partial charge in [0.1, 0.15) is 5.69 Å². The molecule has 0 bridgehead atoms. The van der Waals surface area contributed by atoms with Crippen molar-refractivity contribution in [1.82, 2.24) is 0 Å². The summed E-state index contributed by atoms with van der Waals surface area (Å²) in [6.45, 7) is 4.42. The Morgan fingerprint density at radius 3 is 3.00 bits per heavy atom. The van der Waals surface area contributed by atoms with E-state index >= 15 is 0 Å². The van der Waals surface area contributed by atoms with Gasteiger partial charge in [0.15, 0.2) is 0 Å². The predicted octanol–water partition coefficient (Wildman–Crippen LogP) is 3.89. The Hall–Kier alpha value is -1.14. The maximum absolute atomic E-state index is 11.3. The Balaban J connectivity index is 2.18. The van der Waals surface area contributed by atoms with Gasteiger partial charge in [-0.3, -0.25) is 10.1 Å². The van der Waals surface area contributed by atoms with Crippen LogP contribution in [0.1, 0.15) is 31.7 Å². The Kier molecular flexibility index (Phi) is 5.99. The van der Waals surface area contributed by atoms with Crippen LogP contribution in [-0.4, -0.2) is 30.7 Å². The zero-order valence-electron chi connectivity index (χ0n) is 12.3. The lowest BCUT2D eigenvalue weighted by Gasteiger charge is -2.34. The summed E-state index contributed by atoms with van der Waals surface area (Å²) in [5.74, 6) is 0. The highest BCUT2D eigenvalue weighted by molar-refractivity contribution is 9.08. The zero-order chi connectivity index (χ0) is 15.2. The molecule has 1 aliphatic rings. The summed E-state index contributed by atoms with van der Waals surface area (Å²) in [5, 5.41) is 11.9. The standard InChI is InChI=1S/C15H21BrN2O3/c1-2-8-21-13-4-3-7-17(11-13)14-6-5-12(10-16)9-15(14)18(19)20/h5-6,9,13H,2-4,7-8,10-11H2,1H3. The van der Waals surface area contributed by atoms with Crippen LogP contribution >= 0.6 is 15.9 Å². The molecule has 0 aromatic heterocycles. The molecule has 1 aromatic carbocycles. The van der Waals surface area contributed by atoms with Crippen molar-refractivity contribution >= 4 is 27.3 Å². The highest BCUT2D eigenvalue weighted by Crippen LogP contribution is 2.32. The molecule has 0 radical (unpaired) electrons. The molecule has 1 heterocycles. The molecule has 1 unspecified atom stereocenters. The summed E-state index contributed by atoms with van der Waals surface area (Å²) in [6, 6.07) is 5.45. The number of benzene rings is 1. The van der Waals surface area contributed by atoms with Crippen molar-refractivity contribution in [3.63, 3.8) is 0 Å². The number of hydrogen-bond donors (Lipinski definition) is 0. The summed E-state index contributed by atoms with van der Waals surface area (Å²) in [4.78, 5) is 13.1. The molecule has 21 heavy (non-hydrogen) atoms. The van der Waals surface area contributed by atoms with Gasteiger partial charge in [-0.25, -0.2) is 0 Å². The van der Waals surface area contributed by atoms with E-state index < -0.39 is 0 Å². The first-order chi connectivity index (χ1) is 10.2. The molecule has 1 aliphatic heterocycles. The fraction of sp³-hybridized carbons (Fsp3) is 0.600. The molecule has 0 amide bonds. The van der Waals surface area contributed by atoms with Gasteiger partial charge >= 0.3 is 0 Å². The lowest BCUT2D eigenvalue weighted by molar-refractivity contribution is -0.384. The number of piperidine rings is 1. The molecule has 5 nitrogen and oxygen atoms in total. The highest BCUT2D eigenvalue weighted by Gasteiger charge is 2.26. The maximum Gasteiger partial charge on any atom is 0.292 e. The van der Waals surface area contributed by atoms with E-state index in [4.69, 9.17) is 4.74 Å². The van der Waals surface area contributed by atoms with Crippen molar-refractivity contribution in [3.05, 3.63) is 33.9 Å². The minimum Gasteiger partial charge on any atom is -0.376 e. The SMILES string of the molecule is CCCOC1CCCN(c2ccc(CBr)cc2[N+](=O)[O-])C1. The van der Waals surface area contributed by atoms with Crippen molar-refractivity contribution < 1.29 is 9.66 Å². The molecule has 1 fully saturated rings. The van der Waals surface area contributed by atoms with Gasteiger partial charge in [-0.15, -0.1) is 0 Å². The summed E-state index contributed by atoms with van der Waals surface area (Å²) in [5.41, 5.74) is 1.80. The van der Waals surface area contributed by atoms with Crippen LogP contribution in [0.3, 0.4) is 0 Å². The quantitative estimate of drug-likeness (QED) is 0.440. The minimum atomic E-state index is -0.294. The van der Waals surface area contributed by atoms with Gasteiger partial charge in [0.05, 0.1) is 11.0 Å². The second kappa shape index (κ2) is 7.75. The van der Waals surface area contributed by atoms with E-state index in [1.165, 1.54) is 0 Å². The molecular formula is C15H21BrN2O3. The Bertz CT molecular complexity index is 496. The van der Waals surface area contributed by atoms with Crippen molar-refractivity contribution in [2.45, 2.75) is 37.6 Å². The second-order valence-electron chi connectivity index (χ2n) is 5.29. The highest BCUT2D eigenvalue weighted by atomic mass is 79.9. The van der Waals surface area contributed by atoms with Crippen LogP contribution in [0.25, 0.3) is 0 Å². The number of alkyl halides is 1. The molecule has 0 spiro atoms. The molecule has 0 aliphatic carbocycles. The molecule has 2 rings (SSSR count). The van der Waals surface area contributed by atoms with Gasteiger partial charge in [0, 0.05) is 31.1 Å². The molecule has 1 atom stereocenters. The van der Waals surface area contributed by atoms with Crippen LogP contribution in [0.5, 0.6) is 0 Å². The smallest absolute Gasteiger partial charge is 0.292 e. The number of nitro groups is 1. The molecule has 116 valence electrons. The van der Waals surface area contributed by atoms with Gasteiger partial charge in [-0.1, -0.05) is 28.9 Å². The topological polar surface area (TPSA) is 55.6 Å². The summed E-state index contributed by atoms with van der Waals surface area (Å²) < 4.78 is 5.81. The van der Waals surface area contributed by atoms with Crippen molar-refractivity contribution in [2.24, 2.45) is 0 Å². The third-order valence-corrected chi connectivity index (χ3v) is 4.31. The Labute approximate surface area is 133 Å². The number of nitrogens with zero attached hydrogens (tertiary/aromatic N) is 2. The Morgan fingerprint density at radius 1 is 1.52 bits per heavy atom. The lowest BCUT2D eigenvalue weighted by atomic mass is 10.1. The fourth-order valence-electron chi connectivity index (χ4n) is 2.64. The van der Waals surface area contributed by atoms with Gasteiger partial charge in [0.25, 0.3) is 5.69 Å². The van der Waals surface area contributed by atoms with Gasteiger partial charge in [-0.05, 0) is 30.9 Å². The first-order valence-corrected chi connectivity index (χ1v) is 8.47. The van der Waals surface area contributed by atoms with Crippen LogP contribution in [0.4, 0.5) is 11.4 Å². The lowest BCUT2D eigenvalue weighted by Crippen LogP contribution is -2.40. The van der Waals surface area contributed by atoms with E-state index in [-0.39, 0.29) is 16.7 Å².